The van der Waals surface area contributed by atoms with Crippen LogP contribution in [0.2, 0.25) is 0 Å². The van der Waals surface area contributed by atoms with Gasteiger partial charge in [0.05, 0.1) is 17.9 Å². The van der Waals surface area contributed by atoms with Crippen LogP contribution in [0.5, 0.6) is 5.75 Å². The van der Waals surface area contributed by atoms with Crippen molar-refractivity contribution in [1.82, 2.24) is 30.0 Å². The Bertz CT molecular complexity index is 1150. The molecule has 0 radical (unpaired) electrons. The van der Waals surface area contributed by atoms with Crippen LogP contribution in [0.4, 0.5) is 4.79 Å². The van der Waals surface area contributed by atoms with E-state index in [0.29, 0.717) is 22.7 Å². The number of nitrogens with one attached hydrogen (secondary N) is 2. The zero-order valence-electron chi connectivity index (χ0n) is 15.6. The second kappa shape index (κ2) is 6.08. The zero-order valence-corrected chi connectivity index (χ0v) is 15.6. The number of benzene rings is 1. The van der Waals surface area contributed by atoms with Gasteiger partial charge in [0.2, 0.25) is 0 Å². The van der Waals surface area contributed by atoms with Gasteiger partial charge in [-0.1, -0.05) is 12.1 Å². The molecule has 2 N–H and O–H groups in total. The van der Waals surface area contributed by atoms with E-state index < -0.39 is 11.6 Å². The van der Waals surface area contributed by atoms with E-state index in [1.165, 1.54) is 0 Å². The Kier molecular flexibility index (Phi) is 3.83. The molecule has 4 rings (SSSR count). The molecule has 0 saturated heterocycles. The number of H-pyrrole nitrogens is 1. The zero-order chi connectivity index (χ0) is 19.2. The number of nitrogens with zero attached hydrogens (tertiary/aromatic N) is 4. The van der Waals surface area contributed by atoms with Crippen LogP contribution < -0.4 is 10.1 Å². The summed E-state index contributed by atoms with van der Waals surface area (Å²) >= 11 is 0. The third-order valence-electron chi connectivity index (χ3n) is 3.96. The summed E-state index contributed by atoms with van der Waals surface area (Å²) in [6.45, 7) is 7.67. The second-order valence-electron chi connectivity index (χ2n) is 7.46. The summed E-state index contributed by atoms with van der Waals surface area (Å²) in [6.07, 6.45) is 4.44. The number of fused-ring (bicyclic) bond motifs is 2. The molecule has 0 fully saturated rings. The Morgan fingerprint density at radius 1 is 1.26 bits per heavy atom. The van der Waals surface area contributed by atoms with Crippen molar-refractivity contribution in [3.63, 3.8) is 0 Å². The fourth-order valence-electron chi connectivity index (χ4n) is 2.78. The fraction of sp³-hybridized carbons (Fsp3) is 0.263. The quantitative estimate of drug-likeness (QED) is 0.567. The number of aromatic nitrogens is 5. The average molecular weight is 364 g/mol. The van der Waals surface area contributed by atoms with Gasteiger partial charge in [0.15, 0.2) is 22.7 Å². The highest BCUT2D eigenvalue weighted by Gasteiger charge is 2.18. The number of amides is 1. The first-order valence-corrected chi connectivity index (χ1v) is 8.59. The van der Waals surface area contributed by atoms with Crippen molar-refractivity contribution in [3.05, 3.63) is 42.4 Å². The molecule has 0 aliphatic rings. The number of aromatic amines is 1. The standard InChI is InChI=1S/C19H20N6O2/c1-11-5-6-12-8-22-25(13(12)7-11)15-10-21-17-16(23-15)14(9-20-17)27-18(26)24-19(2,3)4/h5-10H,1-4H3,(H,20,21)(H,24,26). The molecule has 0 bridgehead atoms. The number of rotatable bonds is 2. The lowest BCUT2D eigenvalue weighted by molar-refractivity contribution is 0.191. The van der Waals surface area contributed by atoms with E-state index in [9.17, 15) is 4.79 Å². The van der Waals surface area contributed by atoms with Crippen LogP contribution in [0.3, 0.4) is 0 Å². The van der Waals surface area contributed by atoms with Gasteiger partial charge in [-0.3, -0.25) is 0 Å². The molecule has 8 heteroatoms. The Hall–Kier alpha value is -3.42. The number of hydrogen-bond acceptors (Lipinski definition) is 5. The van der Waals surface area contributed by atoms with Crippen LogP contribution >= 0.6 is 0 Å². The van der Waals surface area contributed by atoms with Gasteiger partial charge in [-0.05, 0) is 39.3 Å². The first-order chi connectivity index (χ1) is 12.8. The monoisotopic (exact) mass is 364 g/mol. The molecule has 0 aliphatic carbocycles. The van der Waals surface area contributed by atoms with Crippen LogP contribution in [0.15, 0.2) is 36.8 Å². The fourth-order valence-corrected chi connectivity index (χ4v) is 2.78. The number of carbonyl (C=O) groups excluding carboxylic acids is 1. The van der Waals surface area contributed by atoms with E-state index in [-0.39, 0.29) is 0 Å². The Balaban J connectivity index is 1.73. The molecule has 138 valence electrons. The van der Waals surface area contributed by atoms with Gasteiger partial charge in [-0.25, -0.2) is 19.4 Å². The molecule has 0 spiro atoms. The number of aryl methyl sites for hydroxylation is 1. The molecule has 8 nitrogen and oxygen atoms in total. The van der Waals surface area contributed by atoms with Crippen molar-refractivity contribution in [2.45, 2.75) is 33.2 Å². The third kappa shape index (κ3) is 3.33. The van der Waals surface area contributed by atoms with Crippen molar-refractivity contribution in [3.8, 4) is 11.6 Å². The smallest absolute Gasteiger partial charge is 0.406 e. The molecule has 0 saturated carbocycles. The summed E-state index contributed by atoms with van der Waals surface area (Å²) in [4.78, 5) is 24.0. The maximum Gasteiger partial charge on any atom is 0.413 e. The molecule has 1 aromatic carbocycles. The largest absolute Gasteiger partial charge is 0.413 e. The highest BCUT2D eigenvalue weighted by atomic mass is 16.6. The Morgan fingerprint density at radius 3 is 2.85 bits per heavy atom. The molecule has 27 heavy (non-hydrogen) atoms. The third-order valence-corrected chi connectivity index (χ3v) is 3.96. The van der Waals surface area contributed by atoms with E-state index in [4.69, 9.17) is 4.74 Å². The molecule has 1 amide bonds. The number of carbonyl (C=O) groups is 1. The second-order valence-corrected chi connectivity index (χ2v) is 7.46. The number of hydrogen-bond donors (Lipinski definition) is 2. The van der Waals surface area contributed by atoms with Crippen molar-refractivity contribution >= 4 is 28.2 Å². The van der Waals surface area contributed by atoms with Gasteiger partial charge < -0.3 is 15.0 Å². The van der Waals surface area contributed by atoms with Gasteiger partial charge in [-0.2, -0.15) is 5.10 Å². The SMILES string of the molecule is Cc1ccc2cnn(-c3cnc4[nH]cc(OC(=O)NC(C)(C)C)c4n3)c2c1. The minimum Gasteiger partial charge on any atom is -0.406 e. The van der Waals surface area contributed by atoms with Gasteiger partial charge in [0.25, 0.3) is 0 Å². The van der Waals surface area contributed by atoms with Crippen molar-refractivity contribution < 1.29 is 9.53 Å². The lowest BCUT2D eigenvalue weighted by atomic mass is 10.1. The summed E-state index contributed by atoms with van der Waals surface area (Å²) in [5.41, 5.74) is 2.67. The predicted molar refractivity (Wildman–Crippen MR) is 102 cm³/mol. The van der Waals surface area contributed by atoms with Crippen LogP contribution in [-0.2, 0) is 0 Å². The van der Waals surface area contributed by atoms with E-state index in [1.54, 1.807) is 23.3 Å². The predicted octanol–water partition coefficient (Wildman–Crippen LogP) is 3.49. The Labute approximate surface area is 155 Å². The van der Waals surface area contributed by atoms with E-state index >= 15 is 0 Å². The maximum atomic E-state index is 12.1. The molecular formula is C19H20N6O2. The minimum absolute atomic E-state index is 0.314. The first kappa shape index (κ1) is 17.0. The van der Waals surface area contributed by atoms with E-state index in [2.05, 4.69) is 25.4 Å². The van der Waals surface area contributed by atoms with Gasteiger partial charge in [0.1, 0.15) is 0 Å². The van der Waals surface area contributed by atoms with Crippen LogP contribution in [0, 0.1) is 6.92 Å². The summed E-state index contributed by atoms with van der Waals surface area (Å²) < 4.78 is 7.13. The summed E-state index contributed by atoms with van der Waals surface area (Å²) in [5.74, 6) is 0.859. The highest BCUT2D eigenvalue weighted by molar-refractivity contribution is 5.84. The van der Waals surface area contributed by atoms with E-state index in [1.807, 2.05) is 45.9 Å². The van der Waals surface area contributed by atoms with Gasteiger partial charge in [-0.15, -0.1) is 0 Å². The number of ether oxygens (including phenoxy) is 1. The molecule has 4 aromatic rings. The van der Waals surface area contributed by atoms with Gasteiger partial charge >= 0.3 is 6.09 Å². The van der Waals surface area contributed by atoms with Gasteiger partial charge in [0, 0.05) is 17.1 Å². The van der Waals surface area contributed by atoms with Crippen molar-refractivity contribution in [1.29, 1.82) is 0 Å². The molecule has 0 atom stereocenters. The molecule has 3 aromatic heterocycles. The molecule has 3 heterocycles. The highest BCUT2D eigenvalue weighted by Crippen LogP contribution is 2.25. The summed E-state index contributed by atoms with van der Waals surface area (Å²) in [7, 11) is 0. The normalized spacial score (nSPS) is 11.9. The summed E-state index contributed by atoms with van der Waals surface area (Å²) in [6, 6.07) is 6.09. The minimum atomic E-state index is -0.546. The summed E-state index contributed by atoms with van der Waals surface area (Å²) in [5, 5.41) is 8.19. The van der Waals surface area contributed by atoms with Crippen molar-refractivity contribution in [2.75, 3.05) is 0 Å². The lowest BCUT2D eigenvalue weighted by Gasteiger charge is -2.19. The average Bonchev–Trinajstić information content (AvgIpc) is 3.16. The first-order valence-electron chi connectivity index (χ1n) is 8.59. The lowest BCUT2D eigenvalue weighted by Crippen LogP contribution is -2.42. The Morgan fingerprint density at radius 2 is 2.07 bits per heavy atom. The van der Waals surface area contributed by atoms with Crippen LogP contribution in [0.1, 0.15) is 26.3 Å². The molecule has 0 aliphatic heterocycles. The van der Waals surface area contributed by atoms with Crippen LogP contribution in [0.25, 0.3) is 27.9 Å². The molecule has 0 unspecified atom stereocenters. The maximum absolute atomic E-state index is 12.1. The topological polar surface area (TPSA) is 97.7 Å². The molecular weight excluding hydrogens is 344 g/mol. The van der Waals surface area contributed by atoms with E-state index in [0.717, 1.165) is 16.5 Å². The van der Waals surface area contributed by atoms with Crippen molar-refractivity contribution in [2.24, 2.45) is 0 Å². The van der Waals surface area contributed by atoms with Crippen LogP contribution in [-0.4, -0.2) is 36.4 Å².